The highest BCUT2D eigenvalue weighted by Gasteiger charge is 2.28. The molecule has 0 amide bonds. The van der Waals surface area contributed by atoms with Crippen molar-refractivity contribution < 1.29 is 4.74 Å². The number of benzene rings is 1. The van der Waals surface area contributed by atoms with Crippen LogP contribution in [0.5, 0.6) is 5.88 Å². The van der Waals surface area contributed by atoms with Gasteiger partial charge in [-0.1, -0.05) is 12.1 Å². The van der Waals surface area contributed by atoms with E-state index in [0.29, 0.717) is 30.5 Å². The zero-order valence-electron chi connectivity index (χ0n) is 16.7. The fraction of sp³-hybridized carbons (Fsp3) is 0.381. The number of hydrogen-bond acceptors (Lipinski definition) is 7. The highest BCUT2D eigenvalue weighted by molar-refractivity contribution is 5.85. The molecule has 2 aliphatic rings. The molecule has 2 aromatic heterocycles. The van der Waals surface area contributed by atoms with Crippen LogP contribution in [0.1, 0.15) is 30.1 Å². The fourth-order valence-electron chi connectivity index (χ4n) is 4.46. The zero-order chi connectivity index (χ0) is 20.7. The lowest BCUT2D eigenvalue weighted by atomic mass is 9.93. The van der Waals surface area contributed by atoms with E-state index in [9.17, 15) is 10.1 Å². The molecule has 0 radical (unpaired) electrons. The highest BCUT2D eigenvalue weighted by Crippen LogP contribution is 2.41. The van der Waals surface area contributed by atoms with Gasteiger partial charge in [-0.3, -0.25) is 4.57 Å². The maximum Gasteiger partial charge on any atom is 0.350 e. The van der Waals surface area contributed by atoms with Crippen molar-refractivity contribution >= 4 is 5.69 Å². The topological polar surface area (TPSA) is 102 Å². The number of aryl methyl sites for hydroxylation is 1. The van der Waals surface area contributed by atoms with E-state index < -0.39 is 0 Å². The number of aromatic nitrogens is 5. The molecule has 0 unspecified atom stereocenters. The molecule has 30 heavy (non-hydrogen) atoms. The number of para-hydroxylation sites is 1. The van der Waals surface area contributed by atoms with Gasteiger partial charge in [-0.15, -0.1) is 10.2 Å². The predicted molar refractivity (Wildman–Crippen MR) is 109 cm³/mol. The van der Waals surface area contributed by atoms with E-state index in [4.69, 9.17) is 4.74 Å². The molecular formula is C21H21N7O2. The van der Waals surface area contributed by atoms with Crippen LogP contribution in [0.4, 0.5) is 5.69 Å². The van der Waals surface area contributed by atoms with Crippen LogP contribution in [0, 0.1) is 11.3 Å². The van der Waals surface area contributed by atoms with Gasteiger partial charge in [-0.05, 0) is 18.9 Å². The SMILES string of the molecule is Cn1cnnc1C1CCN(c2c(C#N)cccc2-c2cnc(=O)n3c2OCC3)CC1. The molecule has 9 nitrogen and oxygen atoms in total. The summed E-state index contributed by atoms with van der Waals surface area (Å²) in [6.45, 7) is 2.54. The van der Waals surface area contributed by atoms with Crippen molar-refractivity contribution in [2.75, 3.05) is 24.6 Å². The summed E-state index contributed by atoms with van der Waals surface area (Å²) in [5.41, 5.74) is 2.77. The molecule has 0 atom stereocenters. The average molecular weight is 403 g/mol. The zero-order valence-corrected chi connectivity index (χ0v) is 16.7. The predicted octanol–water partition coefficient (Wildman–Crippen LogP) is 1.69. The molecule has 0 aliphatic carbocycles. The third kappa shape index (κ3) is 2.92. The molecule has 0 bridgehead atoms. The summed E-state index contributed by atoms with van der Waals surface area (Å²) < 4.78 is 9.29. The van der Waals surface area contributed by atoms with Gasteiger partial charge in [0.15, 0.2) is 0 Å². The van der Waals surface area contributed by atoms with Crippen molar-refractivity contribution in [3.63, 3.8) is 0 Å². The highest BCUT2D eigenvalue weighted by atomic mass is 16.5. The van der Waals surface area contributed by atoms with E-state index in [1.54, 1.807) is 17.1 Å². The largest absolute Gasteiger partial charge is 0.476 e. The third-order valence-electron chi connectivity index (χ3n) is 5.93. The van der Waals surface area contributed by atoms with Crippen LogP contribution in [-0.4, -0.2) is 44.0 Å². The minimum absolute atomic E-state index is 0.311. The van der Waals surface area contributed by atoms with Gasteiger partial charge in [-0.2, -0.15) is 5.26 Å². The van der Waals surface area contributed by atoms with Crippen LogP contribution < -0.4 is 15.3 Å². The van der Waals surface area contributed by atoms with Crippen molar-refractivity contribution in [2.45, 2.75) is 25.3 Å². The lowest BCUT2D eigenvalue weighted by molar-refractivity contribution is 0.358. The van der Waals surface area contributed by atoms with Crippen molar-refractivity contribution in [3.8, 4) is 23.1 Å². The van der Waals surface area contributed by atoms with E-state index in [0.717, 1.165) is 48.6 Å². The maximum absolute atomic E-state index is 12.1. The second-order valence-corrected chi connectivity index (χ2v) is 7.63. The molecular weight excluding hydrogens is 382 g/mol. The minimum Gasteiger partial charge on any atom is -0.476 e. The number of fused-ring (bicyclic) bond motifs is 1. The summed E-state index contributed by atoms with van der Waals surface area (Å²) in [5.74, 6) is 1.87. The van der Waals surface area contributed by atoms with Gasteiger partial charge in [0.05, 0.1) is 23.4 Å². The minimum atomic E-state index is -0.311. The Morgan fingerprint density at radius 2 is 2.03 bits per heavy atom. The summed E-state index contributed by atoms with van der Waals surface area (Å²) in [7, 11) is 1.97. The summed E-state index contributed by atoms with van der Waals surface area (Å²) in [4.78, 5) is 18.4. The molecule has 0 saturated carbocycles. The normalized spacial score (nSPS) is 16.2. The summed E-state index contributed by atoms with van der Waals surface area (Å²) in [6.07, 6.45) is 5.14. The van der Waals surface area contributed by atoms with Crippen molar-refractivity contribution in [1.82, 2.24) is 24.3 Å². The van der Waals surface area contributed by atoms with Gasteiger partial charge in [0.2, 0.25) is 5.88 Å². The first kappa shape index (κ1) is 18.4. The van der Waals surface area contributed by atoms with Crippen LogP contribution in [0.2, 0.25) is 0 Å². The Morgan fingerprint density at radius 1 is 1.20 bits per heavy atom. The number of piperidine rings is 1. The number of rotatable bonds is 3. The first-order valence-corrected chi connectivity index (χ1v) is 10.0. The molecule has 1 aromatic carbocycles. The molecule has 3 aromatic rings. The smallest absolute Gasteiger partial charge is 0.350 e. The van der Waals surface area contributed by atoms with Gasteiger partial charge in [0.1, 0.15) is 24.8 Å². The van der Waals surface area contributed by atoms with Crippen molar-refractivity contribution in [2.24, 2.45) is 7.05 Å². The molecule has 2 aliphatic heterocycles. The van der Waals surface area contributed by atoms with Gasteiger partial charge < -0.3 is 14.2 Å². The van der Waals surface area contributed by atoms with E-state index in [1.807, 2.05) is 29.8 Å². The van der Waals surface area contributed by atoms with Crippen LogP contribution in [0.15, 0.2) is 35.5 Å². The number of ether oxygens (including phenoxy) is 1. The first-order valence-electron chi connectivity index (χ1n) is 10.0. The Morgan fingerprint density at radius 3 is 2.77 bits per heavy atom. The maximum atomic E-state index is 12.1. The van der Waals surface area contributed by atoms with Gasteiger partial charge in [0, 0.05) is 37.8 Å². The fourth-order valence-corrected chi connectivity index (χ4v) is 4.46. The Balaban J connectivity index is 1.53. The van der Waals surface area contributed by atoms with E-state index >= 15 is 0 Å². The van der Waals surface area contributed by atoms with Crippen molar-refractivity contribution in [3.05, 3.63) is 52.6 Å². The van der Waals surface area contributed by atoms with Crippen LogP contribution in [0.3, 0.4) is 0 Å². The van der Waals surface area contributed by atoms with Gasteiger partial charge >= 0.3 is 5.69 Å². The van der Waals surface area contributed by atoms with Crippen LogP contribution >= 0.6 is 0 Å². The first-order chi connectivity index (χ1) is 14.7. The molecule has 1 saturated heterocycles. The van der Waals surface area contributed by atoms with Crippen LogP contribution in [0.25, 0.3) is 11.1 Å². The van der Waals surface area contributed by atoms with Crippen molar-refractivity contribution in [1.29, 1.82) is 5.26 Å². The standard InChI is InChI=1S/C21H21N7O2/c1-26-13-24-25-19(26)14-5-7-27(8-6-14)18-15(11-22)3-2-4-16(18)17-12-23-21(29)28-9-10-30-20(17)28/h2-4,12-14H,5-10H2,1H3. The third-order valence-corrected chi connectivity index (χ3v) is 5.93. The molecule has 152 valence electrons. The molecule has 9 heteroatoms. The molecule has 5 rings (SSSR count). The average Bonchev–Trinajstić information content (AvgIpc) is 3.43. The summed E-state index contributed by atoms with van der Waals surface area (Å²) >= 11 is 0. The molecule has 0 N–H and O–H groups in total. The molecule has 4 heterocycles. The molecule has 1 fully saturated rings. The van der Waals surface area contributed by atoms with E-state index in [1.165, 1.54) is 0 Å². The lowest BCUT2D eigenvalue weighted by Gasteiger charge is -2.35. The van der Waals surface area contributed by atoms with Gasteiger partial charge in [0.25, 0.3) is 0 Å². The lowest BCUT2D eigenvalue weighted by Crippen LogP contribution is -2.34. The number of nitrogens with zero attached hydrogens (tertiary/aromatic N) is 7. The quantitative estimate of drug-likeness (QED) is 0.656. The Kier molecular flexibility index (Phi) is 4.47. The van der Waals surface area contributed by atoms with Gasteiger partial charge in [-0.25, -0.2) is 9.78 Å². The Labute approximate surface area is 173 Å². The Hall–Kier alpha value is -3.67. The number of anilines is 1. The summed E-state index contributed by atoms with van der Waals surface area (Å²) in [5, 5.41) is 18.1. The second-order valence-electron chi connectivity index (χ2n) is 7.63. The Bertz CT molecular complexity index is 1200. The van der Waals surface area contributed by atoms with Crippen LogP contribution in [-0.2, 0) is 13.6 Å². The summed E-state index contributed by atoms with van der Waals surface area (Å²) in [6, 6.07) is 7.99. The second kappa shape index (κ2) is 7.30. The molecule has 0 spiro atoms. The van der Waals surface area contributed by atoms with E-state index in [-0.39, 0.29) is 5.69 Å². The monoisotopic (exact) mass is 403 g/mol. The number of hydrogen-bond donors (Lipinski definition) is 0. The van der Waals surface area contributed by atoms with E-state index in [2.05, 4.69) is 26.2 Å². The number of nitriles is 1.